The number of hydrogen-bond acceptors (Lipinski definition) is 4. The molecule has 0 saturated heterocycles. The molecule has 0 fully saturated rings. The number of aryl methyl sites for hydroxylation is 1. The summed E-state index contributed by atoms with van der Waals surface area (Å²) in [5.74, 6) is 2.32. The normalized spacial score (nSPS) is 17.1. The van der Waals surface area contributed by atoms with Gasteiger partial charge in [0.25, 0.3) is 5.91 Å². The molecule has 2 N–H and O–H groups in total. The van der Waals surface area contributed by atoms with Crippen LogP contribution in [0.2, 0.25) is 0 Å². The number of carbonyl (C=O) groups excluding carboxylic acids is 1. The second-order valence-corrected chi connectivity index (χ2v) is 4.83. The van der Waals surface area contributed by atoms with Crippen LogP contribution >= 0.6 is 0 Å². The van der Waals surface area contributed by atoms with E-state index in [-0.39, 0.29) is 5.91 Å². The first-order valence-electron chi connectivity index (χ1n) is 6.52. The molecule has 1 aliphatic heterocycles. The fourth-order valence-corrected chi connectivity index (χ4v) is 2.09. The molecule has 1 unspecified atom stereocenters. The van der Waals surface area contributed by atoms with E-state index in [1.807, 2.05) is 37.3 Å². The maximum absolute atomic E-state index is 11.6. The van der Waals surface area contributed by atoms with Gasteiger partial charge in [-0.15, -0.1) is 0 Å². The van der Waals surface area contributed by atoms with E-state index >= 15 is 0 Å². The van der Waals surface area contributed by atoms with Gasteiger partial charge in [-0.3, -0.25) is 4.79 Å². The minimum Gasteiger partial charge on any atom is -0.479 e. The molecular weight excluding hydrogens is 256 g/mol. The molecule has 20 heavy (non-hydrogen) atoms. The molecule has 1 aromatic heterocycles. The predicted molar refractivity (Wildman–Crippen MR) is 75.9 cm³/mol. The van der Waals surface area contributed by atoms with Crippen LogP contribution < -0.4 is 15.4 Å². The van der Waals surface area contributed by atoms with E-state index in [1.165, 1.54) is 0 Å². The van der Waals surface area contributed by atoms with Crippen LogP contribution in [0.4, 0.5) is 11.4 Å². The Bertz CT molecular complexity index is 648. The molecule has 5 heteroatoms. The van der Waals surface area contributed by atoms with E-state index in [0.717, 1.165) is 17.2 Å². The van der Waals surface area contributed by atoms with Crippen molar-refractivity contribution in [2.45, 2.75) is 26.5 Å². The minimum absolute atomic E-state index is 0.128. The van der Waals surface area contributed by atoms with E-state index in [0.29, 0.717) is 18.0 Å². The molecule has 1 aliphatic rings. The average Bonchev–Trinajstić information content (AvgIpc) is 2.84. The maximum Gasteiger partial charge on any atom is 0.265 e. The van der Waals surface area contributed by atoms with Gasteiger partial charge in [0, 0.05) is 5.69 Å². The van der Waals surface area contributed by atoms with E-state index < -0.39 is 6.10 Å². The first-order chi connectivity index (χ1) is 9.61. The number of furan rings is 1. The second kappa shape index (κ2) is 4.92. The fourth-order valence-electron chi connectivity index (χ4n) is 2.09. The van der Waals surface area contributed by atoms with Crippen LogP contribution in [0.3, 0.4) is 0 Å². The van der Waals surface area contributed by atoms with Crippen molar-refractivity contribution in [3.63, 3.8) is 0 Å². The number of carbonyl (C=O) groups is 1. The lowest BCUT2D eigenvalue weighted by atomic mass is 10.2. The number of nitrogens with one attached hydrogen (secondary N) is 2. The molecular formula is C15H16N2O3. The zero-order valence-corrected chi connectivity index (χ0v) is 11.4. The number of benzene rings is 1. The van der Waals surface area contributed by atoms with Crippen LogP contribution in [-0.2, 0) is 11.3 Å². The smallest absolute Gasteiger partial charge is 0.265 e. The molecule has 2 aromatic rings. The van der Waals surface area contributed by atoms with Gasteiger partial charge in [-0.1, -0.05) is 0 Å². The van der Waals surface area contributed by atoms with Crippen molar-refractivity contribution >= 4 is 17.3 Å². The summed E-state index contributed by atoms with van der Waals surface area (Å²) in [5.41, 5.74) is 1.59. The van der Waals surface area contributed by atoms with Gasteiger partial charge in [-0.05, 0) is 44.2 Å². The quantitative estimate of drug-likeness (QED) is 0.901. The predicted octanol–water partition coefficient (Wildman–Crippen LogP) is 2.92. The summed E-state index contributed by atoms with van der Waals surface area (Å²) in [6.07, 6.45) is -0.451. The zero-order valence-electron chi connectivity index (χ0n) is 11.4. The van der Waals surface area contributed by atoms with Gasteiger partial charge in [0.15, 0.2) is 6.10 Å². The van der Waals surface area contributed by atoms with E-state index in [1.54, 1.807) is 6.92 Å². The molecule has 3 rings (SSSR count). The Morgan fingerprint density at radius 2 is 2.15 bits per heavy atom. The Hall–Kier alpha value is -2.43. The van der Waals surface area contributed by atoms with Crippen molar-refractivity contribution in [3.8, 4) is 5.75 Å². The Morgan fingerprint density at radius 1 is 1.30 bits per heavy atom. The monoisotopic (exact) mass is 272 g/mol. The lowest BCUT2D eigenvalue weighted by molar-refractivity contribution is -0.122. The minimum atomic E-state index is -0.451. The van der Waals surface area contributed by atoms with Gasteiger partial charge in [-0.25, -0.2) is 0 Å². The molecule has 1 atom stereocenters. The van der Waals surface area contributed by atoms with Crippen molar-refractivity contribution in [2.75, 3.05) is 10.6 Å². The lowest BCUT2D eigenvalue weighted by Gasteiger charge is -2.23. The van der Waals surface area contributed by atoms with Crippen LogP contribution in [0.5, 0.6) is 5.75 Å². The Labute approximate surface area is 116 Å². The summed E-state index contributed by atoms with van der Waals surface area (Å²) < 4.78 is 11.0. The van der Waals surface area contributed by atoms with Crippen LogP contribution in [0, 0.1) is 6.92 Å². The largest absolute Gasteiger partial charge is 0.479 e. The third-order valence-electron chi connectivity index (χ3n) is 3.17. The van der Waals surface area contributed by atoms with Crippen LogP contribution in [0.1, 0.15) is 18.4 Å². The zero-order chi connectivity index (χ0) is 14.1. The highest BCUT2D eigenvalue weighted by atomic mass is 16.5. The SMILES string of the molecule is Cc1ccc(CNc2ccc3c(c2)NC(=O)C(C)O3)o1. The summed E-state index contributed by atoms with van der Waals surface area (Å²) in [4.78, 5) is 11.6. The summed E-state index contributed by atoms with van der Waals surface area (Å²) in [6.45, 7) is 4.23. The topological polar surface area (TPSA) is 63.5 Å². The van der Waals surface area contributed by atoms with E-state index in [4.69, 9.17) is 9.15 Å². The van der Waals surface area contributed by atoms with E-state index in [9.17, 15) is 4.79 Å². The van der Waals surface area contributed by atoms with Crippen molar-refractivity contribution in [1.29, 1.82) is 0 Å². The van der Waals surface area contributed by atoms with Gasteiger partial charge in [-0.2, -0.15) is 0 Å². The summed E-state index contributed by atoms with van der Waals surface area (Å²) in [6, 6.07) is 9.49. The average molecular weight is 272 g/mol. The molecule has 2 heterocycles. The molecule has 0 bridgehead atoms. The number of rotatable bonds is 3. The third kappa shape index (κ3) is 2.47. The van der Waals surface area contributed by atoms with Gasteiger partial charge in [0.05, 0.1) is 12.2 Å². The second-order valence-electron chi connectivity index (χ2n) is 4.83. The van der Waals surface area contributed by atoms with Gasteiger partial charge in [0.1, 0.15) is 17.3 Å². The Morgan fingerprint density at radius 3 is 2.90 bits per heavy atom. The highest BCUT2D eigenvalue weighted by molar-refractivity contribution is 5.98. The highest BCUT2D eigenvalue weighted by Gasteiger charge is 2.23. The first kappa shape index (κ1) is 12.6. The third-order valence-corrected chi connectivity index (χ3v) is 3.17. The number of fused-ring (bicyclic) bond motifs is 1. The fraction of sp³-hybridized carbons (Fsp3) is 0.267. The highest BCUT2D eigenvalue weighted by Crippen LogP contribution is 2.32. The molecule has 0 saturated carbocycles. The molecule has 5 nitrogen and oxygen atoms in total. The maximum atomic E-state index is 11.6. The molecule has 1 amide bonds. The number of anilines is 2. The lowest BCUT2D eigenvalue weighted by Crippen LogP contribution is -2.34. The van der Waals surface area contributed by atoms with Crippen LogP contribution in [0.25, 0.3) is 0 Å². The number of amides is 1. The molecule has 0 aliphatic carbocycles. The van der Waals surface area contributed by atoms with Crippen LogP contribution in [-0.4, -0.2) is 12.0 Å². The van der Waals surface area contributed by atoms with Gasteiger partial charge in [0.2, 0.25) is 0 Å². The van der Waals surface area contributed by atoms with Gasteiger partial charge < -0.3 is 19.8 Å². The summed E-state index contributed by atoms with van der Waals surface area (Å²) in [7, 11) is 0. The van der Waals surface area contributed by atoms with Crippen molar-refractivity contribution in [2.24, 2.45) is 0 Å². The first-order valence-corrected chi connectivity index (χ1v) is 6.52. The van der Waals surface area contributed by atoms with Gasteiger partial charge >= 0.3 is 0 Å². The van der Waals surface area contributed by atoms with Crippen molar-refractivity contribution in [1.82, 2.24) is 0 Å². The molecule has 104 valence electrons. The van der Waals surface area contributed by atoms with E-state index in [2.05, 4.69) is 10.6 Å². The molecule has 0 spiro atoms. The standard InChI is InChI=1S/C15H16N2O3/c1-9-3-5-12(19-9)8-16-11-4-6-14-13(7-11)17-15(18)10(2)20-14/h3-7,10,16H,8H2,1-2H3,(H,17,18). The molecule has 0 radical (unpaired) electrons. The Balaban J connectivity index is 1.72. The Kier molecular flexibility index (Phi) is 3.10. The summed E-state index contributed by atoms with van der Waals surface area (Å²) >= 11 is 0. The van der Waals surface area contributed by atoms with Crippen LogP contribution in [0.15, 0.2) is 34.7 Å². The number of hydrogen-bond donors (Lipinski definition) is 2. The molecule has 1 aromatic carbocycles. The van der Waals surface area contributed by atoms with Crippen molar-refractivity contribution in [3.05, 3.63) is 41.9 Å². The van der Waals surface area contributed by atoms with Crippen molar-refractivity contribution < 1.29 is 13.9 Å². The number of ether oxygens (including phenoxy) is 1. The summed E-state index contributed by atoms with van der Waals surface area (Å²) in [5, 5.41) is 6.07.